The molecule has 0 bridgehead atoms. The summed E-state index contributed by atoms with van der Waals surface area (Å²) in [4.78, 5) is 28.7. The zero-order valence-corrected chi connectivity index (χ0v) is 15.3. The smallest absolute Gasteiger partial charge is 0.408 e. The molecule has 1 aliphatic rings. The molecule has 5 heteroatoms. The number of likely N-dealkylation sites (tertiary alicyclic amines) is 1. The van der Waals surface area contributed by atoms with Crippen molar-refractivity contribution in [3.8, 4) is 0 Å². The average Bonchev–Trinajstić information content (AvgIpc) is 3.07. The first-order chi connectivity index (χ1) is 13.2. The number of hydrogen-bond acceptors (Lipinski definition) is 4. The first-order valence-electron chi connectivity index (χ1n) is 9.60. The Kier molecular flexibility index (Phi) is 5.21. The van der Waals surface area contributed by atoms with Crippen molar-refractivity contribution in [2.45, 2.75) is 25.7 Å². The van der Waals surface area contributed by atoms with Crippen molar-refractivity contribution in [2.24, 2.45) is 5.92 Å². The SMILES string of the molecule is O=C(CCN1CCC(Cc2ccccc2)CC1)c1ccc2[nH]c(=O)oc2c1. The van der Waals surface area contributed by atoms with Crippen LogP contribution < -0.4 is 5.76 Å². The number of fused-ring (bicyclic) bond motifs is 1. The molecule has 1 aliphatic heterocycles. The van der Waals surface area contributed by atoms with Gasteiger partial charge < -0.3 is 9.32 Å². The van der Waals surface area contributed by atoms with Crippen LogP contribution in [0, 0.1) is 5.92 Å². The van der Waals surface area contributed by atoms with Crippen molar-refractivity contribution in [2.75, 3.05) is 19.6 Å². The molecule has 27 heavy (non-hydrogen) atoms. The van der Waals surface area contributed by atoms with Gasteiger partial charge in [-0.05, 0) is 62.0 Å². The quantitative estimate of drug-likeness (QED) is 0.678. The van der Waals surface area contributed by atoms with E-state index >= 15 is 0 Å². The van der Waals surface area contributed by atoms with Crippen LogP contribution in [0.15, 0.2) is 57.7 Å². The standard InChI is InChI=1S/C22H24N2O3/c25-20(18-6-7-19-21(15-18)27-22(26)23-19)10-13-24-11-8-17(9-12-24)14-16-4-2-1-3-5-16/h1-7,15,17H,8-14H2,(H,23,26). The molecule has 2 aromatic carbocycles. The maximum absolute atomic E-state index is 12.5. The number of Topliss-reactive ketones (excluding diaryl/α,β-unsaturated/α-hetero) is 1. The molecule has 1 saturated heterocycles. The number of hydrogen-bond donors (Lipinski definition) is 1. The minimum atomic E-state index is -0.493. The van der Waals surface area contributed by atoms with Gasteiger partial charge >= 0.3 is 5.76 Å². The molecule has 3 aromatic rings. The van der Waals surface area contributed by atoms with E-state index in [9.17, 15) is 9.59 Å². The monoisotopic (exact) mass is 364 g/mol. The molecule has 1 aromatic heterocycles. The van der Waals surface area contributed by atoms with Crippen molar-refractivity contribution in [1.82, 2.24) is 9.88 Å². The maximum atomic E-state index is 12.5. The lowest BCUT2D eigenvalue weighted by atomic mass is 9.90. The van der Waals surface area contributed by atoms with Crippen LogP contribution in [0.25, 0.3) is 11.1 Å². The predicted octanol–water partition coefficient (Wildman–Crippen LogP) is 3.65. The molecule has 1 N–H and O–H groups in total. The normalized spacial score (nSPS) is 16.0. The highest BCUT2D eigenvalue weighted by Crippen LogP contribution is 2.22. The first kappa shape index (κ1) is 17.7. The number of oxazole rings is 1. The molecule has 2 heterocycles. The summed E-state index contributed by atoms with van der Waals surface area (Å²) in [5.74, 6) is 0.332. The van der Waals surface area contributed by atoms with Gasteiger partial charge in [0.25, 0.3) is 0 Å². The van der Waals surface area contributed by atoms with Crippen LogP contribution in [0.5, 0.6) is 0 Å². The highest BCUT2D eigenvalue weighted by atomic mass is 16.4. The molecule has 0 radical (unpaired) electrons. The molecule has 0 unspecified atom stereocenters. The van der Waals surface area contributed by atoms with Gasteiger partial charge in [-0.15, -0.1) is 0 Å². The number of ketones is 1. The molecule has 0 atom stereocenters. The van der Waals surface area contributed by atoms with E-state index in [1.54, 1.807) is 18.2 Å². The van der Waals surface area contributed by atoms with Gasteiger partial charge in [-0.2, -0.15) is 0 Å². The van der Waals surface area contributed by atoms with Crippen LogP contribution in [0.4, 0.5) is 0 Å². The molecule has 0 aliphatic carbocycles. The first-order valence-corrected chi connectivity index (χ1v) is 9.60. The largest absolute Gasteiger partial charge is 0.417 e. The number of aromatic nitrogens is 1. The fourth-order valence-corrected chi connectivity index (χ4v) is 3.88. The predicted molar refractivity (Wildman–Crippen MR) is 105 cm³/mol. The minimum absolute atomic E-state index is 0.0900. The Morgan fingerprint density at radius 3 is 2.67 bits per heavy atom. The minimum Gasteiger partial charge on any atom is -0.408 e. The zero-order chi connectivity index (χ0) is 18.6. The number of carbonyl (C=O) groups is 1. The molecule has 0 saturated carbocycles. The molecular weight excluding hydrogens is 340 g/mol. The number of nitrogens with zero attached hydrogens (tertiary/aromatic N) is 1. The van der Waals surface area contributed by atoms with Crippen LogP contribution in [-0.4, -0.2) is 35.3 Å². The van der Waals surface area contributed by atoms with Crippen LogP contribution in [0.3, 0.4) is 0 Å². The summed E-state index contributed by atoms with van der Waals surface area (Å²) in [5, 5.41) is 0. The molecule has 1 fully saturated rings. The number of piperidine rings is 1. The zero-order valence-electron chi connectivity index (χ0n) is 15.3. The number of H-pyrrole nitrogens is 1. The second-order valence-electron chi connectivity index (χ2n) is 7.37. The molecule has 0 spiro atoms. The fraction of sp³-hybridized carbons (Fsp3) is 0.364. The Morgan fingerprint density at radius 1 is 1.11 bits per heavy atom. The second-order valence-corrected chi connectivity index (χ2v) is 7.37. The number of carbonyl (C=O) groups excluding carboxylic acids is 1. The highest BCUT2D eigenvalue weighted by molar-refractivity contribution is 5.98. The third-order valence-corrected chi connectivity index (χ3v) is 5.47. The number of benzene rings is 2. The molecular formula is C22H24N2O3. The van der Waals surface area contributed by atoms with Gasteiger partial charge in [0, 0.05) is 18.5 Å². The van der Waals surface area contributed by atoms with E-state index in [-0.39, 0.29) is 5.78 Å². The van der Waals surface area contributed by atoms with Gasteiger partial charge in [0.2, 0.25) is 0 Å². The van der Waals surface area contributed by atoms with Gasteiger partial charge in [-0.1, -0.05) is 30.3 Å². The van der Waals surface area contributed by atoms with Crippen molar-refractivity contribution >= 4 is 16.9 Å². The molecule has 5 nitrogen and oxygen atoms in total. The fourth-order valence-electron chi connectivity index (χ4n) is 3.88. The van der Waals surface area contributed by atoms with Crippen LogP contribution >= 0.6 is 0 Å². The second kappa shape index (κ2) is 7.92. The van der Waals surface area contributed by atoms with Gasteiger partial charge in [0.05, 0.1) is 5.52 Å². The van der Waals surface area contributed by atoms with Gasteiger partial charge in [-0.3, -0.25) is 9.78 Å². The lowest BCUT2D eigenvalue weighted by molar-refractivity contribution is 0.0951. The van der Waals surface area contributed by atoms with Gasteiger partial charge in [0.15, 0.2) is 11.4 Å². The van der Waals surface area contributed by atoms with Gasteiger partial charge in [0.1, 0.15) is 0 Å². The lowest BCUT2D eigenvalue weighted by Gasteiger charge is -2.31. The Hall–Kier alpha value is -2.66. The third kappa shape index (κ3) is 4.37. The maximum Gasteiger partial charge on any atom is 0.417 e. The lowest BCUT2D eigenvalue weighted by Crippen LogP contribution is -2.35. The number of aromatic amines is 1. The Balaban J connectivity index is 1.26. The van der Waals surface area contributed by atoms with E-state index in [1.807, 2.05) is 0 Å². The van der Waals surface area contributed by atoms with E-state index in [4.69, 9.17) is 4.42 Å². The molecule has 4 rings (SSSR count). The number of rotatable bonds is 6. The summed E-state index contributed by atoms with van der Waals surface area (Å²) in [7, 11) is 0. The summed E-state index contributed by atoms with van der Waals surface area (Å²) in [6.45, 7) is 2.89. The topological polar surface area (TPSA) is 66.3 Å². The third-order valence-electron chi connectivity index (χ3n) is 5.47. The van der Waals surface area contributed by atoms with Crippen molar-refractivity contribution in [3.05, 3.63) is 70.2 Å². The van der Waals surface area contributed by atoms with E-state index in [1.165, 1.54) is 18.4 Å². The summed E-state index contributed by atoms with van der Waals surface area (Å²) < 4.78 is 5.04. The summed E-state index contributed by atoms with van der Waals surface area (Å²) in [5.41, 5.74) is 3.08. The van der Waals surface area contributed by atoms with E-state index in [0.29, 0.717) is 23.1 Å². The van der Waals surface area contributed by atoms with E-state index in [2.05, 4.69) is 40.2 Å². The summed E-state index contributed by atoms with van der Waals surface area (Å²) in [6, 6.07) is 15.8. The summed E-state index contributed by atoms with van der Waals surface area (Å²) in [6.07, 6.45) is 4.01. The number of nitrogens with one attached hydrogen (secondary N) is 1. The van der Waals surface area contributed by atoms with Crippen LogP contribution in [-0.2, 0) is 6.42 Å². The van der Waals surface area contributed by atoms with Crippen molar-refractivity contribution < 1.29 is 9.21 Å². The van der Waals surface area contributed by atoms with Crippen LogP contribution in [0.1, 0.15) is 35.2 Å². The highest BCUT2D eigenvalue weighted by Gasteiger charge is 2.20. The van der Waals surface area contributed by atoms with Gasteiger partial charge in [-0.25, -0.2) is 4.79 Å². The Morgan fingerprint density at radius 2 is 1.89 bits per heavy atom. The Labute approximate surface area is 158 Å². The Bertz CT molecular complexity index is 966. The summed E-state index contributed by atoms with van der Waals surface area (Å²) >= 11 is 0. The van der Waals surface area contributed by atoms with Crippen LogP contribution in [0.2, 0.25) is 0 Å². The van der Waals surface area contributed by atoms with E-state index in [0.717, 1.165) is 32.0 Å². The average molecular weight is 364 g/mol. The molecule has 140 valence electrons. The van der Waals surface area contributed by atoms with E-state index < -0.39 is 5.76 Å². The van der Waals surface area contributed by atoms with Crippen molar-refractivity contribution in [3.63, 3.8) is 0 Å². The molecule has 0 amide bonds. The van der Waals surface area contributed by atoms with Crippen molar-refractivity contribution in [1.29, 1.82) is 0 Å².